The van der Waals surface area contributed by atoms with E-state index in [1.165, 1.54) is 4.90 Å². The highest BCUT2D eigenvalue weighted by Crippen LogP contribution is 2.20. The van der Waals surface area contributed by atoms with Gasteiger partial charge in [-0.05, 0) is 30.2 Å². The fourth-order valence-corrected chi connectivity index (χ4v) is 3.34. The van der Waals surface area contributed by atoms with Crippen molar-refractivity contribution in [2.45, 2.75) is 25.4 Å². The number of ether oxygens (including phenoxy) is 2. The molecule has 3 rings (SSSR count). The molecule has 0 fully saturated rings. The third-order valence-corrected chi connectivity index (χ3v) is 5.40. The summed E-state index contributed by atoms with van der Waals surface area (Å²) in [5.74, 6) is -0.0468. The number of aromatic nitrogens is 3. The van der Waals surface area contributed by atoms with Crippen LogP contribution in [-0.2, 0) is 16.0 Å². The van der Waals surface area contributed by atoms with E-state index in [1.807, 2.05) is 37.3 Å². The average Bonchev–Trinajstić information content (AvgIpc) is 2.89. The predicted molar refractivity (Wildman–Crippen MR) is 144 cm³/mol. The Balaban J connectivity index is 1.76. The quantitative estimate of drug-likeness (QED) is 0.244. The van der Waals surface area contributed by atoms with E-state index in [9.17, 15) is 14.7 Å². The largest absolute Gasteiger partial charge is 0.480 e. The number of anilines is 3. The summed E-state index contributed by atoms with van der Waals surface area (Å²) in [6, 6.07) is 15.3. The molecule has 12 nitrogen and oxygen atoms in total. The number of carboxylic acid groups (broad SMARTS) is 1. The first-order valence-electron chi connectivity index (χ1n) is 12.0. The van der Waals surface area contributed by atoms with Crippen LogP contribution >= 0.6 is 0 Å². The molecular weight excluding hydrogens is 490 g/mol. The lowest BCUT2D eigenvalue weighted by molar-refractivity contribution is -0.137. The molecule has 0 spiro atoms. The summed E-state index contributed by atoms with van der Waals surface area (Å²) in [6.07, 6.45) is -0.364. The zero-order chi connectivity index (χ0) is 27.5. The van der Waals surface area contributed by atoms with E-state index >= 15 is 0 Å². The molecule has 0 aliphatic carbocycles. The number of rotatable bonds is 13. The van der Waals surface area contributed by atoms with Gasteiger partial charge in [0.15, 0.2) is 0 Å². The van der Waals surface area contributed by atoms with Gasteiger partial charge in [0.25, 0.3) is 0 Å². The van der Waals surface area contributed by atoms with Gasteiger partial charge in [-0.25, -0.2) is 9.59 Å². The van der Waals surface area contributed by atoms with E-state index in [2.05, 4.69) is 30.9 Å². The summed E-state index contributed by atoms with van der Waals surface area (Å²) in [7, 11) is 4.76. The zero-order valence-corrected chi connectivity index (χ0v) is 21.8. The van der Waals surface area contributed by atoms with Gasteiger partial charge in [-0.15, -0.1) is 0 Å². The Morgan fingerprint density at radius 2 is 1.58 bits per heavy atom. The second kappa shape index (κ2) is 13.7. The maximum atomic E-state index is 12.1. The van der Waals surface area contributed by atoms with E-state index in [0.717, 1.165) is 11.1 Å². The average molecular weight is 524 g/mol. The molecule has 202 valence electrons. The maximum absolute atomic E-state index is 12.1. The number of amides is 1. The van der Waals surface area contributed by atoms with E-state index in [-0.39, 0.29) is 30.3 Å². The van der Waals surface area contributed by atoms with Crippen LogP contribution in [-0.4, -0.2) is 77.4 Å². The van der Waals surface area contributed by atoms with Crippen molar-refractivity contribution in [2.24, 2.45) is 0 Å². The van der Waals surface area contributed by atoms with Gasteiger partial charge in [-0.3, -0.25) is 0 Å². The molecule has 0 aliphatic rings. The molecule has 0 radical (unpaired) electrons. The molecule has 3 aromatic rings. The van der Waals surface area contributed by atoms with Crippen LogP contribution in [0.15, 0.2) is 54.6 Å². The van der Waals surface area contributed by atoms with Crippen molar-refractivity contribution >= 4 is 29.9 Å². The van der Waals surface area contributed by atoms with E-state index in [1.54, 1.807) is 45.5 Å². The fraction of sp³-hybridized carbons (Fsp3) is 0.346. The molecule has 0 saturated heterocycles. The number of carboxylic acids is 1. The highest BCUT2D eigenvalue weighted by atomic mass is 16.6. The van der Waals surface area contributed by atoms with E-state index < -0.39 is 18.1 Å². The molecule has 0 bridgehead atoms. The molecule has 1 heterocycles. The third-order valence-electron chi connectivity index (χ3n) is 5.40. The molecule has 12 heteroatoms. The van der Waals surface area contributed by atoms with Gasteiger partial charge in [0.1, 0.15) is 11.8 Å². The minimum atomic E-state index is -1.07. The lowest BCUT2D eigenvalue weighted by Gasteiger charge is -2.18. The van der Waals surface area contributed by atoms with Gasteiger partial charge in [0.2, 0.25) is 17.8 Å². The maximum Gasteiger partial charge on any atom is 0.414 e. The Bertz CT molecular complexity index is 1190. The van der Waals surface area contributed by atoms with Gasteiger partial charge in [-0.1, -0.05) is 42.5 Å². The van der Waals surface area contributed by atoms with Gasteiger partial charge < -0.3 is 35.4 Å². The molecule has 1 aromatic heterocycles. The van der Waals surface area contributed by atoms with E-state index in [4.69, 9.17) is 9.47 Å². The summed E-state index contributed by atoms with van der Waals surface area (Å²) >= 11 is 0. The second-order valence-electron chi connectivity index (χ2n) is 8.65. The van der Waals surface area contributed by atoms with Crippen molar-refractivity contribution < 1.29 is 24.2 Å². The van der Waals surface area contributed by atoms with Crippen molar-refractivity contribution in [1.29, 1.82) is 0 Å². The molecule has 38 heavy (non-hydrogen) atoms. The van der Waals surface area contributed by atoms with Crippen LogP contribution in [0.4, 0.5) is 22.6 Å². The smallest absolute Gasteiger partial charge is 0.414 e. The molecule has 4 N–H and O–H groups in total. The van der Waals surface area contributed by atoms with Crippen molar-refractivity contribution in [3.63, 3.8) is 0 Å². The minimum absolute atomic E-state index is 0.103. The lowest BCUT2D eigenvalue weighted by atomic mass is 10.1. The standard InChI is InChI=1S/C26H33N7O5/c1-17(19-8-6-5-7-9-19)28-24-30-23(27-14-15-37-4)31-25(32-24)29-21(22(34)35)16-18-10-12-20(13-11-18)38-26(36)33(2)3/h5-13,17,21H,14-16H2,1-4H3,(H,34,35)(H3,27,28,29,30,31,32)/t17?,21-/m0/s1. The first-order chi connectivity index (χ1) is 18.2. The van der Waals surface area contributed by atoms with Crippen LogP contribution in [0.5, 0.6) is 5.75 Å². The van der Waals surface area contributed by atoms with Gasteiger partial charge in [0.05, 0.1) is 12.6 Å². The highest BCUT2D eigenvalue weighted by molar-refractivity contribution is 5.77. The molecule has 1 amide bonds. The normalized spacial score (nSPS) is 12.2. The van der Waals surface area contributed by atoms with Crippen LogP contribution < -0.4 is 20.7 Å². The Kier molecular flexibility index (Phi) is 10.2. The number of hydrogen-bond acceptors (Lipinski definition) is 10. The van der Waals surface area contributed by atoms with Crippen LogP contribution in [0, 0.1) is 0 Å². The van der Waals surface area contributed by atoms with Crippen LogP contribution in [0.1, 0.15) is 24.1 Å². The first kappa shape index (κ1) is 28.1. The number of aliphatic carboxylic acids is 1. The SMILES string of the molecule is COCCNc1nc(NC(C)c2ccccc2)nc(N[C@@H](Cc2ccc(OC(=O)N(C)C)cc2)C(=O)O)n1. The predicted octanol–water partition coefficient (Wildman–Crippen LogP) is 3.27. The Morgan fingerprint density at radius 3 is 2.18 bits per heavy atom. The Hall–Kier alpha value is -4.45. The number of hydrogen-bond donors (Lipinski definition) is 4. The van der Waals surface area contributed by atoms with E-state index in [0.29, 0.717) is 18.9 Å². The summed E-state index contributed by atoms with van der Waals surface area (Å²) in [5, 5.41) is 19.1. The number of methoxy groups -OCH3 is 1. The summed E-state index contributed by atoms with van der Waals surface area (Å²) in [4.78, 5) is 38.3. The molecule has 2 atom stereocenters. The number of benzene rings is 2. The van der Waals surface area contributed by atoms with Crippen LogP contribution in [0.2, 0.25) is 0 Å². The van der Waals surface area contributed by atoms with Gasteiger partial charge in [0, 0.05) is 34.2 Å². The summed E-state index contributed by atoms with van der Waals surface area (Å²) < 4.78 is 10.3. The monoisotopic (exact) mass is 523 g/mol. The lowest BCUT2D eigenvalue weighted by Crippen LogP contribution is -2.32. The molecule has 1 unspecified atom stereocenters. The topological polar surface area (TPSA) is 151 Å². The Morgan fingerprint density at radius 1 is 0.947 bits per heavy atom. The van der Waals surface area contributed by atoms with Crippen molar-refractivity contribution in [2.75, 3.05) is 50.3 Å². The highest BCUT2D eigenvalue weighted by Gasteiger charge is 2.21. The summed E-state index contributed by atoms with van der Waals surface area (Å²) in [6.45, 7) is 2.87. The summed E-state index contributed by atoms with van der Waals surface area (Å²) in [5.41, 5.74) is 1.76. The van der Waals surface area contributed by atoms with Crippen molar-refractivity contribution in [1.82, 2.24) is 19.9 Å². The molecule has 0 saturated carbocycles. The minimum Gasteiger partial charge on any atom is -0.480 e. The van der Waals surface area contributed by atoms with Gasteiger partial charge in [-0.2, -0.15) is 15.0 Å². The fourth-order valence-electron chi connectivity index (χ4n) is 3.34. The third kappa shape index (κ3) is 8.59. The molecular formula is C26H33N7O5. The second-order valence-corrected chi connectivity index (χ2v) is 8.65. The first-order valence-corrected chi connectivity index (χ1v) is 12.0. The zero-order valence-electron chi connectivity index (χ0n) is 21.8. The van der Waals surface area contributed by atoms with Crippen LogP contribution in [0.25, 0.3) is 0 Å². The number of carbonyl (C=O) groups excluding carboxylic acids is 1. The Labute approximate surface area is 221 Å². The van der Waals surface area contributed by atoms with Crippen molar-refractivity contribution in [3.05, 3.63) is 65.7 Å². The number of nitrogens with one attached hydrogen (secondary N) is 3. The molecule has 2 aromatic carbocycles. The van der Waals surface area contributed by atoms with Crippen LogP contribution in [0.3, 0.4) is 0 Å². The number of carbonyl (C=O) groups is 2. The van der Waals surface area contributed by atoms with Crippen molar-refractivity contribution in [3.8, 4) is 5.75 Å². The van der Waals surface area contributed by atoms with Gasteiger partial charge >= 0.3 is 12.1 Å². The number of nitrogens with zero attached hydrogens (tertiary/aromatic N) is 4. The molecule has 0 aliphatic heterocycles.